The molecule has 0 heterocycles. The first-order valence-corrected chi connectivity index (χ1v) is 7.99. The SMILES string of the molecule is CC(C)NC(CCCCNC(C)(C)C)C(=O)C(C)(C)C. The minimum absolute atomic E-state index is 0.00960. The van der Waals surface area contributed by atoms with Crippen LogP contribution in [0.3, 0.4) is 0 Å². The lowest BCUT2D eigenvalue weighted by atomic mass is 9.84. The first-order valence-electron chi connectivity index (χ1n) is 7.99. The number of unbranched alkanes of at least 4 members (excludes halogenated alkanes) is 1. The number of Topliss-reactive ketones (excluding diaryl/α,β-unsaturated/α-hetero) is 1. The summed E-state index contributed by atoms with van der Waals surface area (Å²) in [6, 6.07) is 0.337. The number of hydrogen-bond donors (Lipinski definition) is 2. The van der Waals surface area contributed by atoms with Gasteiger partial charge in [0.2, 0.25) is 0 Å². The predicted molar refractivity (Wildman–Crippen MR) is 88.1 cm³/mol. The molecular weight excluding hydrogens is 248 g/mol. The zero-order valence-corrected chi connectivity index (χ0v) is 14.9. The second-order valence-corrected chi connectivity index (χ2v) is 8.16. The van der Waals surface area contributed by atoms with Crippen LogP contribution < -0.4 is 10.6 Å². The average Bonchev–Trinajstić information content (AvgIpc) is 2.22. The van der Waals surface area contributed by atoms with Gasteiger partial charge in [0.25, 0.3) is 0 Å². The lowest BCUT2D eigenvalue weighted by Gasteiger charge is -2.27. The Hall–Kier alpha value is -0.410. The largest absolute Gasteiger partial charge is 0.312 e. The average molecular weight is 284 g/mol. The highest BCUT2D eigenvalue weighted by atomic mass is 16.1. The molecular formula is C17H36N2O. The molecule has 20 heavy (non-hydrogen) atoms. The maximum atomic E-state index is 12.4. The Kier molecular flexibility index (Phi) is 7.97. The maximum absolute atomic E-state index is 12.4. The van der Waals surface area contributed by atoms with E-state index in [1.54, 1.807) is 0 Å². The van der Waals surface area contributed by atoms with Gasteiger partial charge in [0, 0.05) is 17.0 Å². The van der Waals surface area contributed by atoms with Crippen LogP contribution >= 0.6 is 0 Å². The summed E-state index contributed by atoms with van der Waals surface area (Å²) < 4.78 is 0. The van der Waals surface area contributed by atoms with Crippen molar-refractivity contribution < 1.29 is 4.79 Å². The van der Waals surface area contributed by atoms with Crippen molar-refractivity contribution in [1.29, 1.82) is 0 Å². The van der Waals surface area contributed by atoms with Crippen LogP contribution in [0.1, 0.15) is 74.7 Å². The highest BCUT2D eigenvalue weighted by Gasteiger charge is 2.29. The van der Waals surface area contributed by atoms with Gasteiger partial charge in [-0.1, -0.05) is 41.0 Å². The number of nitrogens with one attached hydrogen (secondary N) is 2. The van der Waals surface area contributed by atoms with Crippen LogP contribution in [0.25, 0.3) is 0 Å². The first kappa shape index (κ1) is 19.6. The molecule has 0 radical (unpaired) electrons. The van der Waals surface area contributed by atoms with Gasteiger partial charge in [-0.05, 0) is 40.2 Å². The van der Waals surface area contributed by atoms with Gasteiger partial charge >= 0.3 is 0 Å². The molecule has 3 nitrogen and oxygen atoms in total. The molecule has 0 amide bonds. The predicted octanol–water partition coefficient (Wildman–Crippen LogP) is 3.53. The molecule has 0 fully saturated rings. The lowest BCUT2D eigenvalue weighted by Crippen LogP contribution is -2.45. The number of carbonyl (C=O) groups excluding carboxylic acids is 1. The van der Waals surface area contributed by atoms with Gasteiger partial charge < -0.3 is 10.6 Å². The van der Waals surface area contributed by atoms with E-state index in [1.807, 2.05) is 20.8 Å². The van der Waals surface area contributed by atoms with Gasteiger partial charge in [-0.2, -0.15) is 0 Å². The van der Waals surface area contributed by atoms with E-state index >= 15 is 0 Å². The summed E-state index contributed by atoms with van der Waals surface area (Å²) in [6.07, 6.45) is 3.13. The molecule has 1 unspecified atom stereocenters. The molecule has 0 saturated heterocycles. The Morgan fingerprint density at radius 1 is 1.00 bits per heavy atom. The molecule has 0 saturated carbocycles. The Morgan fingerprint density at radius 3 is 1.95 bits per heavy atom. The Morgan fingerprint density at radius 2 is 1.55 bits per heavy atom. The van der Waals surface area contributed by atoms with Crippen molar-refractivity contribution >= 4 is 5.78 Å². The first-order chi connectivity index (χ1) is 8.93. The fourth-order valence-electron chi connectivity index (χ4n) is 2.15. The van der Waals surface area contributed by atoms with Crippen LogP contribution in [0.2, 0.25) is 0 Å². The van der Waals surface area contributed by atoms with Crippen LogP contribution in [-0.4, -0.2) is 30.0 Å². The Bertz CT molecular complexity index is 284. The smallest absolute Gasteiger partial charge is 0.155 e. The molecule has 120 valence electrons. The second kappa shape index (κ2) is 8.14. The van der Waals surface area contributed by atoms with Gasteiger partial charge in [-0.15, -0.1) is 0 Å². The summed E-state index contributed by atoms with van der Waals surface area (Å²) >= 11 is 0. The summed E-state index contributed by atoms with van der Waals surface area (Å²) in [7, 11) is 0. The van der Waals surface area contributed by atoms with Crippen LogP contribution in [0, 0.1) is 5.41 Å². The van der Waals surface area contributed by atoms with Gasteiger partial charge in [0.1, 0.15) is 0 Å². The maximum Gasteiger partial charge on any atom is 0.155 e. The minimum Gasteiger partial charge on any atom is -0.312 e. The number of ketones is 1. The van der Waals surface area contributed by atoms with Crippen LogP contribution in [0.5, 0.6) is 0 Å². The van der Waals surface area contributed by atoms with E-state index in [4.69, 9.17) is 0 Å². The highest BCUT2D eigenvalue weighted by Crippen LogP contribution is 2.19. The summed E-state index contributed by atoms with van der Waals surface area (Å²) in [5, 5.41) is 6.91. The van der Waals surface area contributed by atoms with Crippen molar-refractivity contribution in [2.75, 3.05) is 6.54 Å². The Labute approximate surface area is 126 Å². The standard InChI is InChI=1S/C17H36N2O/c1-13(2)19-14(15(20)16(3,4)5)11-9-10-12-18-17(6,7)8/h13-14,18-19H,9-12H2,1-8H3. The summed E-state index contributed by atoms with van der Waals surface area (Å²) in [5.74, 6) is 0.329. The topological polar surface area (TPSA) is 41.1 Å². The molecule has 0 aromatic heterocycles. The van der Waals surface area contributed by atoms with Crippen LogP contribution in [-0.2, 0) is 4.79 Å². The van der Waals surface area contributed by atoms with Crippen molar-refractivity contribution in [3.8, 4) is 0 Å². The van der Waals surface area contributed by atoms with Crippen molar-refractivity contribution in [1.82, 2.24) is 10.6 Å². The van der Waals surface area contributed by atoms with Gasteiger partial charge in [0.15, 0.2) is 5.78 Å². The summed E-state index contributed by atoms with van der Waals surface area (Å²) in [6.45, 7) is 17.8. The summed E-state index contributed by atoms with van der Waals surface area (Å²) in [4.78, 5) is 12.4. The zero-order valence-electron chi connectivity index (χ0n) is 14.9. The van der Waals surface area contributed by atoms with Gasteiger partial charge in [0.05, 0.1) is 6.04 Å². The van der Waals surface area contributed by atoms with E-state index < -0.39 is 0 Å². The number of carbonyl (C=O) groups is 1. The van der Waals surface area contributed by atoms with E-state index in [1.165, 1.54) is 0 Å². The number of hydrogen-bond acceptors (Lipinski definition) is 3. The van der Waals surface area contributed by atoms with E-state index in [9.17, 15) is 4.79 Å². The molecule has 2 N–H and O–H groups in total. The van der Waals surface area contributed by atoms with Crippen molar-refractivity contribution in [3.63, 3.8) is 0 Å². The Balaban J connectivity index is 4.22. The van der Waals surface area contributed by atoms with E-state index in [0.29, 0.717) is 11.8 Å². The fourth-order valence-corrected chi connectivity index (χ4v) is 2.15. The molecule has 0 aromatic carbocycles. The molecule has 0 spiro atoms. The van der Waals surface area contributed by atoms with Crippen molar-refractivity contribution in [2.45, 2.75) is 92.3 Å². The third-order valence-corrected chi connectivity index (χ3v) is 3.17. The van der Waals surface area contributed by atoms with E-state index in [0.717, 1.165) is 25.8 Å². The third-order valence-electron chi connectivity index (χ3n) is 3.17. The van der Waals surface area contributed by atoms with Crippen molar-refractivity contribution in [3.05, 3.63) is 0 Å². The third kappa shape index (κ3) is 9.49. The molecule has 3 heteroatoms. The monoisotopic (exact) mass is 284 g/mol. The normalized spacial score (nSPS) is 14.7. The molecule has 0 aromatic rings. The molecule has 0 bridgehead atoms. The van der Waals surface area contributed by atoms with Gasteiger partial charge in [-0.3, -0.25) is 4.79 Å². The quantitative estimate of drug-likeness (QED) is 0.670. The van der Waals surface area contributed by atoms with Crippen molar-refractivity contribution in [2.24, 2.45) is 5.41 Å². The minimum atomic E-state index is -0.268. The second-order valence-electron chi connectivity index (χ2n) is 8.16. The number of rotatable bonds is 8. The lowest BCUT2D eigenvalue weighted by molar-refractivity contribution is -0.128. The molecule has 0 aliphatic carbocycles. The summed E-state index contributed by atoms with van der Waals surface area (Å²) in [5.41, 5.74) is -0.0902. The highest BCUT2D eigenvalue weighted by molar-refractivity contribution is 5.88. The molecule has 0 aliphatic heterocycles. The van der Waals surface area contributed by atoms with Gasteiger partial charge in [-0.25, -0.2) is 0 Å². The molecule has 1 atom stereocenters. The molecule has 0 rings (SSSR count). The molecule has 0 aliphatic rings. The van der Waals surface area contributed by atoms with Crippen LogP contribution in [0.4, 0.5) is 0 Å². The van der Waals surface area contributed by atoms with E-state index in [2.05, 4.69) is 45.3 Å². The fraction of sp³-hybridized carbons (Fsp3) is 0.941. The van der Waals surface area contributed by atoms with E-state index in [-0.39, 0.29) is 17.0 Å². The zero-order chi connectivity index (χ0) is 16.0. The van der Waals surface area contributed by atoms with Crippen LogP contribution in [0.15, 0.2) is 0 Å².